The highest BCUT2D eigenvalue weighted by Crippen LogP contribution is 2.15. The Bertz CT molecular complexity index is 723. The van der Waals surface area contributed by atoms with Crippen LogP contribution in [0.25, 0.3) is 0 Å². The average Bonchev–Trinajstić information content (AvgIpc) is 2.66. The molecule has 9 heteroatoms. The van der Waals surface area contributed by atoms with Crippen LogP contribution in [-0.4, -0.2) is 60.3 Å². The second-order valence-electron chi connectivity index (χ2n) is 5.44. The van der Waals surface area contributed by atoms with Gasteiger partial charge in [-0.15, -0.1) is 0 Å². The van der Waals surface area contributed by atoms with Gasteiger partial charge in [0.2, 0.25) is 0 Å². The number of carbonyl (C=O) groups is 1. The van der Waals surface area contributed by atoms with Gasteiger partial charge in [-0.25, -0.2) is 9.97 Å². The number of anilines is 2. The molecule has 132 valence electrons. The van der Waals surface area contributed by atoms with Gasteiger partial charge in [0.1, 0.15) is 18.0 Å². The second-order valence-corrected chi connectivity index (χ2v) is 6.35. The molecule has 2 aromatic heterocycles. The fourth-order valence-electron chi connectivity index (χ4n) is 2.41. The van der Waals surface area contributed by atoms with Gasteiger partial charge in [0.25, 0.3) is 5.91 Å². The Hall–Kier alpha value is -2.26. The Morgan fingerprint density at radius 2 is 2.04 bits per heavy atom. The topological polar surface area (TPSA) is 92.3 Å². The Labute approximate surface area is 154 Å². The molecule has 1 aliphatic rings. The number of halogens is 1. The molecule has 0 unspecified atom stereocenters. The van der Waals surface area contributed by atoms with E-state index in [0.717, 1.165) is 29.2 Å². The van der Waals surface area contributed by atoms with E-state index in [1.165, 1.54) is 6.20 Å². The number of morpholine rings is 1. The van der Waals surface area contributed by atoms with Crippen LogP contribution in [0.2, 0.25) is 0 Å². The van der Waals surface area contributed by atoms with Gasteiger partial charge in [-0.05, 0) is 22.0 Å². The summed E-state index contributed by atoms with van der Waals surface area (Å²) in [6, 6.07) is 3.64. The van der Waals surface area contributed by atoms with Crippen molar-refractivity contribution in [3.05, 3.63) is 40.9 Å². The molecular weight excluding hydrogens is 388 g/mol. The maximum absolute atomic E-state index is 12.0. The Morgan fingerprint density at radius 3 is 2.84 bits per heavy atom. The van der Waals surface area contributed by atoms with E-state index in [-0.39, 0.29) is 5.91 Å². The number of nitrogens with one attached hydrogen (secondary N) is 2. The summed E-state index contributed by atoms with van der Waals surface area (Å²) < 4.78 is 6.12. The van der Waals surface area contributed by atoms with Crippen LogP contribution in [-0.2, 0) is 4.74 Å². The van der Waals surface area contributed by atoms with Crippen molar-refractivity contribution in [2.24, 2.45) is 0 Å². The van der Waals surface area contributed by atoms with Gasteiger partial charge in [0.05, 0.1) is 18.8 Å². The molecule has 1 saturated heterocycles. The summed E-state index contributed by atoms with van der Waals surface area (Å²) >= 11 is 3.30. The van der Waals surface area contributed by atoms with E-state index in [2.05, 4.69) is 46.4 Å². The first-order chi connectivity index (χ1) is 12.2. The van der Waals surface area contributed by atoms with Crippen molar-refractivity contribution >= 4 is 33.5 Å². The molecule has 3 heterocycles. The van der Waals surface area contributed by atoms with E-state index >= 15 is 0 Å². The summed E-state index contributed by atoms with van der Waals surface area (Å²) in [4.78, 5) is 26.7. The molecule has 25 heavy (non-hydrogen) atoms. The van der Waals surface area contributed by atoms with Gasteiger partial charge in [-0.1, -0.05) is 0 Å². The number of carbonyl (C=O) groups excluding carboxylic acids is 1. The molecule has 0 spiro atoms. The number of nitrogens with zero attached hydrogens (tertiary/aromatic N) is 4. The fraction of sp³-hybridized carbons (Fsp3) is 0.375. The minimum absolute atomic E-state index is 0.160. The Balaban J connectivity index is 1.46. The second kappa shape index (κ2) is 8.72. The molecular formula is C16H19BrN6O2. The fourth-order valence-corrected chi connectivity index (χ4v) is 2.78. The molecule has 0 atom stereocenters. The van der Waals surface area contributed by atoms with Crippen LogP contribution in [0.1, 0.15) is 10.4 Å². The van der Waals surface area contributed by atoms with Crippen molar-refractivity contribution in [1.29, 1.82) is 0 Å². The lowest BCUT2D eigenvalue weighted by molar-refractivity contribution is 0.0954. The first-order valence-electron chi connectivity index (χ1n) is 8.00. The predicted molar refractivity (Wildman–Crippen MR) is 97.8 cm³/mol. The van der Waals surface area contributed by atoms with E-state index in [9.17, 15) is 4.79 Å². The normalized spacial score (nSPS) is 14.2. The van der Waals surface area contributed by atoms with Gasteiger partial charge in [-0.3, -0.25) is 9.78 Å². The van der Waals surface area contributed by atoms with Gasteiger partial charge < -0.3 is 20.3 Å². The number of hydrogen-bond donors (Lipinski definition) is 2. The molecule has 1 amide bonds. The lowest BCUT2D eigenvalue weighted by atomic mass is 10.3. The zero-order valence-electron chi connectivity index (χ0n) is 13.6. The van der Waals surface area contributed by atoms with E-state index in [4.69, 9.17) is 4.74 Å². The van der Waals surface area contributed by atoms with Crippen molar-refractivity contribution in [3.63, 3.8) is 0 Å². The molecule has 8 nitrogen and oxygen atoms in total. The molecule has 2 aromatic rings. The van der Waals surface area contributed by atoms with Gasteiger partial charge in [0, 0.05) is 49.1 Å². The third kappa shape index (κ3) is 5.10. The van der Waals surface area contributed by atoms with E-state index in [0.29, 0.717) is 31.9 Å². The maximum atomic E-state index is 12.0. The van der Waals surface area contributed by atoms with E-state index < -0.39 is 0 Å². The Morgan fingerprint density at radius 1 is 1.20 bits per heavy atom. The summed E-state index contributed by atoms with van der Waals surface area (Å²) in [7, 11) is 0. The molecule has 0 aliphatic carbocycles. The van der Waals surface area contributed by atoms with Crippen LogP contribution in [0.5, 0.6) is 0 Å². The molecule has 0 aromatic carbocycles. The highest BCUT2D eigenvalue weighted by atomic mass is 79.9. The molecule has 1 fully saturated rings. The summed E-state index contributed by atoms with van der Waals surface area (Å²) in [5.41, 5.74) is 0.519. The minimum Gasteiger partial charge on any atom is -0.378 e. The standard InChI is InChI=1S/C16H19BrN6O2/c17-13-7-12(9-18-10-13)16(24)20-2-1-19-14-8-15(22-11-21-14)23-3-5-25-6-4-23/h7-11H,1-6H2,(H,20,24)(H,19,21,22). The summed E-state index contributed by atoms with van der Waals surface area (Å²) in [5, 5.41) is 6.04. The molecule has 0 bridgehead atoms. The molecule has 2 N–H and O–H groups in total. The zero-order valence-corrected chi connectivity index (χ0v) is 15.2. The van der Waals surface area contributed by atoms with E-state index in [1.54, 1.807) is 18.6 Å². The van der Waals surface area contributed by atoms with Crippen molar-refractivity contribution in [3.8, 4) is 0 Å². The lowest BCUT2D eigenvalue weighted by Crippen LogP contribution is -2.36. The number of hydrogen-bond acceptors (Lipinski definition) is 7. The van der Waals surface area contributed by atoms with E-state index in [1.807, 2.05) is 6.07 Å². The third-order valence-corrected chi connectivity index (χ3v) is 4.11. The number of pyridine rings is 1. The quantitative estimate of drug-likeness (QED) is 0.698. The number of aromatic nitrogens is 3. The molecule has 0 saturated carbocycles. The van der Waals surface area contributed by atoms with Crippen molar-refractivity contribution in [2.75, 3.05) is 49.6 Å². The molecule has 3 rings (SSSR count). The first-order valence-corrected chi connectivity index (χ1v) is 8.79. The number of amides is 1. The van der Waals surface area contributed by atoms with Crippen LogP contribution in [0.15, 0.2) is 35.3 Å². The monoisotopic (exact) mass is 406 g/mol. The lowest BCUT2D eigenvalue weighted by Gasteiger charge is -2.27. The van der Waals surface area contributed by atoms with Gasteiger partial charge in [-0.2, -0.15) is 0 Å². The third-order valence-electron chi connectivity index (χ3n) is 3.67. The SMILES string of the molecule is O=C(NCCNc1cc(N2CCOCC2)ncn1)c1cncc(Br)c1. The van der Waals surface area contributed by atoms with Crippen LogP contribution >= 0.6 is 15.9 Å². The van der Waals surface area contributed by atoms with Crippen molar-refractivity contribution in [1.82, 2.24) is 20.3 Å². The van der Waals surface area contributed by atoms with Crippen LogP contribution < -0.4 is 15.5 Å². The average molecular weight is 407 g/mol. The highest BCUT2D eigenvalue weighted by molar-refractivity contribution is 9.10. The molecule has 1 aliphatic heterocycles. The first kappa shape index (κ1) is 17.6. The Kier molecular flexibility index (Phi) is 6.13. The van der Waals surface area contributed by atoms with Crippen molar-refractivity contribution in [2.45, 2.75) is 0 Å². The van der Waals surface area contributed by atoms with Crippen LogP contribution in [0.4, 0.5) is 11.6 Å². The number of ether oxygens (including phenoxy) is 1. The van der Waals surface area contributed by atoms with Crippen LogP contribution in [0.3, 0.4) is 0 Å². The predicted octanol–water partition coefficient (Wildman–Crippen LogP) is 1.31. The number of rotatable bonds is 6. The van der Waals surface area contributed by atoms with Crippen LogP contribution in [0, 0.1) is 0 Å². The summed E-state index contributed by atoms with van der Waals surface area (Å²) in [5.74, 6) is 1.45. The zero-order chi connectivity index (χ0) is 17.5. The smallest absolute Gasteiger partial charge is 0.252 e. The largest absolute Gasteiger partial charge is 0.378 e. The maximum Gasteiger partial charge on any atom is 0.252 e. The van der Waals surface area contributed by atoms with Gasteiger partial charge >= 0.3 is 0 Å². The van der Waals surface area contributed by atoms with Gasteiger partial charge in [0.15, 0.2) is 0 Å². The van der Waals surface area contributed by atoms with Crippen molar-refractivity contribution < 1.29 is 9.53 Å². The summed E-state index contributed by atoms with van der Waals surface area (Å²) in [6.07, 6.45) is 4.71. The molecule has 0 radical (unpaired) electrons. The summed E-state index contributed by atoms with van der Waals surface area (Å²) in [6.45, 7) is 4.11. The minimum atomic E-state index is -0.160. The highest BCUT2D eigenvalue weighted by Gasteiger charge is 2.13.